The summed E-state index contributed by atoms with van der Waals surface area (Å²) in [6, 6.07) is 8.45. The van der Waals surface area contributed by atoms with Crippen molar-refractivity contribution in [2.45, 2.75) is 19.3 Å². The zero-order valence-electron chi connectivity index (χ0n) is 13.7. The Morgan fingerprint density at radius 2 is 2.08 bits per heavy atom. The SMILES string of the molecule is O=C(NC[C@@H]1CCOC1)C1CCN(c2nc3ccccc3o2)CC1. The molecule has 2 aliphatic heterocycles. The van der Waals surface area contributed by atoms with Gasteiger partial charge in [-0.2, -0.15) is 4.98 Å². The van der Waals surface area contributed by atoms with Crippen molar-refractivity contribution in [2.75, 3.05) is 37.7 Å². The maximum absolute atomic E-state index is 12.3. The predicted molar refractivity (Wildman–Crippen MR) is 90.9 cm³/mol. The molecule has 2 aliphatic rings. The van der Waals surface area contributed by atoms with E-state index in [2.05, 4.69) is 15.2 Å². The average Bonchev–Trinajstić information content (AvgIpc) is 3.29. The first kappa shape index (κ1) is 15.4. The van der Waals surface area contributed by atoms with E-state index < -0.39 is 0 Å². The quantitative estimate of drug-likeness (QED) is 0.931. The molecule has 0 bridgehead atoms. The molecule has 3 heterocycles. The molecule has 0 aliphatic carbocycles. The topological polar surface area (TPSA) is 67.6 Å². The molecule has 6 nitrogen and oxygen atoms in total. The number of aromatic nitrogens is 1. The number of nitrogens with zero attached hydrogens (tertiary/aromatic N) is 2. The van der Waals surface area contributed by atoms with Crippen LogP contribution in [-0.4, -0.2) is 43.7 Å². The number of oxazole rings is 1. The Hall–Kier alpha value is -2.08. The van der Waals surface area contributed by atoms with Crippen LogP contribution in [0.1, 0.15) is 19.3 Å². The van der Waals surface area contributed by atoms with Gasteiger partial charge in [-0.05, 0) is 31.4 Å². The van der Waals surface area contributed by atoms with Gasteiger partial charge in [-0.1, -0.05) is 12.1 Å². The third kappa shape index (κ3) is 3.24. The second-order valence-electron chi connectivity index (χ2n) is 6.70. The molecule has 1 amide bonds. The number of amides is 1. The summed E-state index contributed by atoms with van der Waals surface area (Å²) in [6.07, 6.45) is 2.73. The average molecular weight is 329 g/mol. The highest BCUT2D eigenvalue weighted by Crippen LogP contribution is 2.26. The third-order valence-electron chi connectivity index (χ3n) is 5.01. The van der Waals surface area contributed by atoms with E-state index >= 15 is 0 Å². The zero-order chi connectivity index (χ0) is 16.4. The number of nitrogens with one attached hydrogen (secondary N) is 1. The number of carbonyl (C=O) groups excluding carboxylic acids is 1. The van der Waals surface area contributed by atoms with Crippen LogP contribution >= 0.6 is 0 Å². The highest BCUT2D eigenvalue weighted by atomic mass is 16.5. The fraction of sp³-hybridized carbons (Fsp3) is 0.556. The fourth-order valence-corrected chi connectivity index (χ4v) is 3.46. The number of benzene rings is 1. The number of fused-ring (bicyclic) bond motifs is 1. The van der Waals surface area contributed by atoms with E-state index in [9.17, 15) is 4.79 Å². The van der Waals surface area contributed by atoms with Crippen LogP contribution in [0.3, 0.4) is 0 Å². The molecule has 2 fully saturated rings. The predicted octanol–water partition coefficient (Wildman–Crippen LogP) is 2.20. The first-order valence-electron chi connectivity index (χ1n) is 8.75. The van der Waals surface area contributed by atoms with Gasteiger partial charge in [0.15, 0.2) is 5.58 Å². The van der Waals surface area contributed by atoms with Crippen molar-refractivity contribution in [1.82, 2.24) is 10.3 Å². The van der Waals surface area contributed by atoms with Crippen LogP contribution < -0.4 is 10.2 Å². The van der Waals surface area contributed by atoms with Crippen LogP contribution in [0.15, 0.2) is 28.7 Å². The van der Waals surface area contributed by atoms with Gasteiger partial charge >= 0.3 is 0 Å². The molecule has 128 valence electrons. The van der Waals surface area contributed by atoms with Gasteiger partial charge in [0.05, 0.1) is 6.61 Å². The first-order valence-corrected chi connectivity index (χ1v) is 8.75. The number of ether oxygens (including phenoxy) is 1. The maximum Gasteiger partial charge on any atom is 0.298 e. The number of rotatable bonds is 4. The molecule has 1 aromatic carbocycles. The molecule has 0 unspecified atom stereocenters. The van der Waals surface area contributed by atoms with E-state index in [4.69, 9.17) is 9.15 Å². The molecule has 0 saturated carbocycles. The minimum Gasteiger partial charge on any atom is -0.423 e. The first-order chi connectivity index (χ1) is 11.8. The Balaban J connectivity index is 1.30. The van der Waals surface area contributed by atoms with E-state index in [0.717, 1.165) is 63.2 Å². The van der Waals surface area contributed by atoms with E-state index in [1.807, 2.05) is 24.3 Å². The lowest BCUT2D eigenvalue weighted by Gasteiger charge is -2.30. The molecule has 1 N–H and O–H groups in total. The highest BCUT2D eigenvalue weighted by Gasteiger charge is 2.27. The van der Waals surface area contributed by atoms with Crippen molar-refractivity contribution < 1.29 is 13.9 Å². The number of hydrogen-bond donors (Lipinski definition) is 1. The van der Waals surface area contributed by atoms with Crippen molar-refractivity contribution in [3.05, 3.63) is 24.3 Å². The number of hydrogen-bond acceptors (Lipinski definition) is 5. The molecule has 0 radical (unpaired) electrons. The molecule has 4 rings (SSSR count). The standard InChI is InChI=1S/C18H23N3O3/c22-17(19-11-13-7-10-23-12-13)14-5-8-21(9-6-14)18-20-15-3-1-2-4-16(15)24-18/h1-4,13-14H,5-12H2,(H,19,22)/t13-/m0/s1. The second kappa shape index (κ2) is 6.81. The Labute approximate surface area is 141 Å². The van der Waals surface area contributed by atoms with Crippen molar-refractivity contribution in [3.8, 4) is 0 Å². The second-order valence-corrected chi connectivity index (χ2v) is 6.70. The molecule has 2 aromatic rings. The normalized spacial score (nSPS) is 22.2. The number of carbonyl (C=O) groups is 1. The summed E-state index contributed by atoms with van der Waals surface area (Å²) in [5.41, 5.74) is 1.69. The summed E-state index contributed by atoms with van der Waals surface area (Å²) in [6.45, 7) is 3.94. The summed E-state index contributed by atoms with van der Waals surface area (Å²) in [5.74, 6) is 0.751. The Bertz CT molecular complexity index is 667. The van der Waals surface area contributed by atoms with Crippen LogP contribution in [0.4, 0.5) is 6.01 Å². The highest BCUT2D eigenvalue weighted by molar-refractivity contribution is 5.79. The van der Waals surface area contributed by atoms with Gasteiger partial charge in [0.2, 0.25) is 5.91 Å². The Morgan fingerprint density at radius 3 is 2.83 bits per heavy atom. The molecule has 24 heavy (non-hydrogen) atoms. The zero-order valence-corrected chi connectivity index (χ0v) is 13.7. The van der Waals surface area contributed by atoms with Crippen molar-refractivity contribution in [1.29, 1.82) is 0 Å². The smallest absolute Gasteiger partial charge is 0.298 e. The van der Waals surface area contributed by atoms with Gasteiger partial charge in [-0.25, -0.2) is 0 Å². The van der Waals surface area contributed by atoms with Gasteiger partial charge in [-0.15, -0.1) is 0 Å². The largest absolute Gasteiger partial charge is 0.423 e. The molecule has 0 spiro atoms. The Kier molecular flexibility index (Phi) is 4.38. The third-order valence-corrected chi connectivity index (χ3v) is 5.01. The molecular weight excluding hydrogens is 306 g/mol. The van der Waals surface area contributed by atoms with Gasteiger partial charge in [0.25, 0.3) is 6.01 Å². The minimum atomic E-state index is 0.0907. The summed E-state index contributed by atoms with van der Waals surface area (Å²) in [7, 11) is 0. The Morgan fingerprint density at radius 1 is 1.25 bits per heavy atom. The van der Waals surface area contributed by atoms with Crippen molar-refractivity contribution >= 4 is 23.0 Å². The minimum absolute atomic E-state index is 0.0907. The molecule has 2 saturated heterocycles. The van der Waals surface area contributed by atoms with Gasteiger partial charge in [0.1, 0.15) is 5.52 Å². The number of piperidine rings is 1. The molecule has 1 aromatic heterocycles. The molecule has 6 heteroatoms. The monoisotopic (exact) mass is 329 g/mol. The summed E-state index contributed by atoms with van der Waals surface area (Å²) in [4.78, 5) is 19.0. The lowest BCUT2D eigenvalue weighted by atomic mass is 9.96. The van der Waals surface area contributed by atoms with Gasteiger partial charge in [0, 0.05) is 38.1 Å². The van der Waals surface area contributed by atoms with Crippen LogP contribution in [0.25, 0.3) is 11.1 Å². The van der Waals surface area contributed by atoms with Gasteiger partial charge in [-0.3, -0.25) is 4.79 Å². The molecular formula is C18H23N3O3. The van der Waals surface area contributed by atoms with Crippen LogP contribution in [0, 0.1) is 11.8 Å². The van der Waals surface area contributed by atoms with Crippen molar-refractivity contribution in [3.63, 3.8) is 0 Å². The summed E-state index contributed by atoms with van der Waals surface area (Å²) < 4.78 is 11.2. The summed E-state index contributed by atoms with van der Waals surface area (Å²) >= 11 is 0. The van der Waals surface area contributed by atoms with E-state index in [1.54, 1.807) is 0 Å². The van der Waals surface area contributed by atoms with E-state index in [1.165, 1.54) is 0 Å². The van der Waals surface area contributed by atoms with Crippen molar-refractivity contribution in [2.24, 2.45) is 11.8 Å². The lowest BCUT2D eigenvalue weighted by molar-refractivity contribution is -0.125. The van der Waals surface area contributed by atoms with E-state index in [-0.39, 0.29) is 11.8 Å². The van der Waals surface area contributed by atoms with Crippen LogP contribution in [0.2, 0.25) is 0 Å². The number of anilines is 1. The molecule has 1 atom stereocenters. The fourth-order valence-electron chi connectivity index (χ4n) is 3.46. The number of para-hydroxylation sites is 2. The maximum atomic E-state index is 12.3. The van der Waals surface area contributed by atoms with E-state index in [0.29, 0.717) is 11.9 Å². The lowest BCUT2D eigenvalue weighted by Crippen LogP contribution is -2.41. The summed E-state index contributed by atoms with van der Waals surface area (Å²) in [5, 5.41) is 3.09. The van der Waals surface area contributed by atoms with Gasteiger partial charge < -0.3 is 19.4 Å². The van der Waals surface area contributed by atoms with Crippen LogP contribution in [-0.2, 0) is 9.53 Å². The van der Waals surface area contributed by atoms with Crippen LogP contribution in [0.5, 0.6) is 0 Å².